The van der Waals surface area contributed by atoms with Gasteiger partial charge >= 0.3 is 0 Å². The first-order valence-corrected chi connectivity index (χ1v) is 9.79. The number of amides is 2. The lowest BCUT2D eigenvalue weighted by atomic mass is 10.0. The minimum absolute atomic E-state index is 0.230. The highest BCUT2D eigenvalue weighted by molar-refractivity contribution is 7.12. The monoisotopic (exact) mass is 388 g/mol. The zero-order valence-electron chi connectivity index (χ0n) is 15.7. The van der Waals surface area contributed by atoms with E-state index in [2.05, 4.69) is 10.6 Å². The molecule has 0 spiro atoms. The molecule has 2 heterocycles. The van der Waals surface area contributed by atoms with Gasteiger partial charge in [0, 0.05) is 12.0 Å². The molecule has 0 bridgehead atoms. The Hall–Kier alpha value is -2.54. The fourth-order valence-electron chi connectivity index (χ4n) is 2.93. The van der Waals surface area contributed by atoms with Crippen molar-refractivity contribution in [2.75, 3.05) is 13.2 Å². The van der Waals surface area contributed by atoms with Crippen LogP contribution in [0.2, 0.25) is 0 Å². The quantitative estimate of drug-likeness (QED) is 0.715. The van der Waals surface area contributed by atoms with Crippen molar-refractivity contribution in [1.29, 1.82) is 0 Å². The number of carbonyl (C=O) groups excluding carboxylic acids is 2. The maximum absolute atomic E-state index is 12.1. The van der Waals surface area contributed by atoms with Gasteiger partial charge in [-0.15, -0.1) is 11.3 Å². The van der Waals surface area contributed by atoms with Gasteiger partial charge in [0.1, 0.15) is 18.2 Å². The summed E-state index contributed by atoms with van der Waals surface area (Å²) < 4.78 is 11.7. The summed E-state index contributed by atoms with van der Waals surface area (Å²) in [4.78, 5) is 24.7. The van der Waals surface area contributed by atoms with Crippen molar-refractivity contribution >= 4 is 23.2 Å². The molecule has 1 aliphatic rings. The van der Waals surface area contributed by atoms with Crippen LogP contribution in [0.1, 0.15) is 36.0 Å². The summed E-state index contributed by atoms with van der Waals surface area (Å²) in [7, 11) is 0. The number of nitrogens with one attached hydrogen (secondary N) is 2. The van der Waals surface area contributed by atoms with E-state index in [0.29, 0.717) is 23.8 Å². The summed E-state index contributed by atoms with van der Waals surface area (Å²) in [5.41, 5.74) is 0.901. The van der Waals surface area contributed by atoms with Gasteiger partial charge in [0.15, 0.2) is 11.5 Å². The first-order valence-electron chi connectivity index (χ1n) is 8.91. The highest BCUT2D eigenvalue weighted by atomic mass is 32.1. The molecule has 0 unspecified atom stereocenters. The average molecular weight is 388 g/mol. The summed E-state index contributed by atoms with van der Waals surface area (Å²) in [6, 6.07) is 8.75. The number of fused-ring (bicyclic) bond motifs is 1. The SMILES string of the molecule is C[C@H](NC(=O)c1cccs1)C(=O)NCCOc1cccc2c1OC(C)(C)C2. The van der Waals surface area contributed by atoms with Crippen LogP contribution in [-0.4, -0.2) is 36.6 Å². The normalized spacial score (nSPS) is 15.4. The van der Waals surface area contributed by atoms with Crippen LogP contribution in [0, 0.1) is 0 Å². The van der Waals surface area contributed by atoms with Crippen LogP contribution in [0.25, 0.3) is 0 Å². The lowest BCUT2D eigenvalue weighted by Gasteiger charge is -2.18. The van der Waals surface area contributed by atoms with E-state index in [1.807, 2.05) is 37.4 Å². The molecule has 0 radical (unpaired) electrons. The molecule has 7 heteroatoms. The van der Waals surface area contributed by atoms with Gasteiger partial charge in [0.2, 0.25) is 5.91 Å². The zero-order valence-corrected chi connectivity index (χ0v) is 16.5. The number of rotatable bonds is 7. The summed E-state index contributed by atoms with van der Waals surface area (Å²) in [6.45, 7) is 6.40. The Morgan fingerprint density at radius 3 is 2.85 bits per heavy atom. The molecule has 1 atom stereocenters. The second-order valence-corrected chi connectivity index (χ2v) is 8.04. The Balaban J connectivity index is 1.44. The zero-order chi connectivity index (χ0) is 19.4. The Morgan fingerprint density at radius 2 is 2.11 bits per heavy atom. The van der Waals surface area contributed by atoms with Gasteiger partial charge in [-0.1, -0.05) is 18.2 Å². The number of benzene rings is 1. The van der Waals surface area contributed by atoms with E-state index < -0.39 is 6.04 Å². The number of hydrogen-bond acceptors (Lipinski definition) is 5. The fraction of sp³-hybridized carbons (Fsp3) is 0.400. The van der Waals surface area contributed by atoms with E-state index in [4.69, 9.17) is 9.47 Å². The molecule has 2 N–H and O–H groups in total. The lowest BCUT2D eigenvalue weighted by Crippen LogP contribution is -2.45. The molecule has 2 aromatic rings. The second-order valence-electron chi connectivity index (χ2n) is 7.09. The second kappa shape index (κ2) is 8.00. The molecular weight excluding hydrogens is 364 g/mol. The number of ether oxygens (including phenoxy) is 2. The number of para-hydroxylation sites is 1. The van der Waals surface area contributed by atoms with Crippen LogP contribution in [0.3, 0.4) is 0 Å². The van der Waals surface area contributed by atoms with Gasteiger partial charge in [-0.25, -0.2) is 0 Å². The first-order chi connectivity index (χ1) is 12.9. The predicted octanol–water partition coefficient (Wildman–Crippen LogP) is 2.78. The molecule has 0 fully saturated rings. The number of carbonyl (C=O) groups is 2. The van der Waals surface area contributed by atoms with Crippen LogP contribution in [0.15, 0.2) is 35.7 Å². The maximum Gasteiger partial charge on any atom is 0.261 e. The molecule has 144 valence electrons. The third kappa shape index (κ3) is 4.80. The predicted molar refractivity (Wildman–Crippen MR) is 105 cm³/mol. The van der Waals surface area contributed by atoms with E-state index >= 15 is 0 Å². The van der Waals surface area contributed by atoms with Crippen molar-refractivity contribution < 1.29 is 19.1 Å². The van der Waals surface area contributed by atoms with Crippen molar-refractivity contribution in [3.05, 3.63) is 46.2 Å². The van der Waals surface area contributed by atoms with Gasteiger partial charge in [-0.2, -0.15) is 0 Å². The maximum atomic E-state index is 12.1. The van der Waals surface area contributed by atoms with Crippen LogP contribution < -0.4 is 20.1 Å². The highest BCUT2D eigenvalue weighted by Crippen LogP contribution is 2.41. The summed E-state index contributed by atoms with van der Waals surface area (Å²) in [6.07, 6.45) is 0.845. The van der Waals surface area contributed by atoms with E-state index in [1.54, 1.807) is 19.1 Å². The molecule has 2 amide bonds. The van der Waals surface area contributed by atoms with Gasteiger partial charge in [0.25, 0.3) is 5.91 Å². The minimum Gasteiger partial charge on any atom is -0.488 e. The largest absolute Gasteiger partial charge is 0.488 e. The van der Waals surface area contributed by atoms with Crippen molar-refractivity contribution in [2.24, 2.45) is 0 Å². The Morgan fingerprint density at radius 1 is 1.30 bits per heavy atom. The van der Waals surface area contributed by atoms with Crippen molar-refractivity contribution in [2.45, 2.75) is 38.8 Å². The fourth-order valence-corrected chi connectivity index (χ4v) is 3.56. The Kier molecular flexibility index (Phi) is 5.70. The topological polar surface area (TPSA) is 76.7 Å². The summed E-state index contributed by atoms with van der Waals surface area (Å²) in [5, 5.41) is 7.28. The van der Waals surface area contributed by atoms with Crippen LogP contribution >= 0.6 is 11.3 Å². The minimum atomic E-state index is -0.621. The van der Waals surface area contributed by atoms with Gasteiger partial charge in [0.05, 0.1) is 11.4 Å². The molecule has 1 aromatic carbocycles. The van der Waals surface area contributed by atoms with Gasteiger partial charge in [-0.05, 0) is 38.3 Å². The standard InChI is InChI=1S/C20H24N2O4S/c1-13(22-19(24)16-8-5-11-27-16)18(23)21-9-10-25-15-7-4-6-14-12-20(2,3)26-17(14)15/h4-8,11,13H,9-10,12H2,1-3H3,(H,21,23)(H,22,24)/t13-/m0/s1. The van der Waals surface area contributed by atoms with E-state index in [-0.39, 0.29) is 17.4 Å². The van der Waals surface area contributed by atoms with E-state index in [0.717, 1.165) is 17.7 Å². The van der Waals surface area contributed by atoms with Crippen LogP contribution in [0.5, 0.6) is 11.5 Å². The van der Waals surface area contributed by atoms with Crippen LogP contribution in [-0.2, 0) is 11.2 Å². The average Bonchev–Trinajstić information content (AvgIpc) is 3.24. The smallest absolute Gasteiger partial charge is 0.261 e. The Labute approximate surface area is 162 Å². The van der Waals surface area contributed by atoms with Crippen molar-refractivity contribution in [3.8, 4) is 11.5 Å². The van der Waals surface area contributed by atoms with Gasteiger partial charge < -0.3 is 20.1 Å². The Bertz CT molecular complexity index is 817. The molecule has 6 nitrogen and oxygen atoms in total. The summed E-state index contributed by atoms with van der Waals surface area (Å²) in [5.74, 6) is 0.972. The molecule has 1 aliphatic heterocycles. The highest BCUT2D eigenvalue weighted by Gasteiger charge is 2.32. The van der Waals surface area contributed by atoms with Crippen LogP contribution in [0.4, 0.5) is 0 Å². The molecule has 1 aromatic heterocycles. The van der Waals surface area contributed by atoms with Crippen molar-refractivity contribution in [3.63, 3.8) is 0 Å². The third-order valence-electron chi connectivity index (χ3n) is 4.20. The van der Waals surface area contributed by atoms with Crippen molar-refractivity contribution in [1.82, 2.24) is 10.6 Å². The molecular formula is C20H24N2O4S. The first kappa shape index (κ1) is 19.2. The van der Waals surface area contributed by atoms with Gasteiger partial charge in [-0.3, -0.25) is 9.59 Å². The van der Waals surface area contributed by atoms with E-state index in [1.165, 1.54) is 11.3 Å². The molecule has 0 aliphatic carbocycles. The summed E-state index contributed by atoms with van der Waals surface area (Å²) >= 11 is 1.34. The molecule has 0 saturated carbocycles. The number of hydrogen-bond donors (Lipinski definition) is 2. The molecule has 3 rings (SSSR count). The molecule has 0 saturated heterocycles. The molecule has 27 heavy (non-hydrogen) atoms. The lowest BCUT2D eigenvalue weighted by molar-refractivity contribution is -0.122. The third-order valence-corrected chi connectivity index (χ3v) is 5.07. The number of thiophene rings is 1. The van der Waals surface area contributed by atoms with E-state index in [9.17, 15) is 9.59 Å².